The van der Waals surface area contributed by atoms with E-state index >= 15 is 0 Å². The fourth-order valence-electron chi connectivity index (χ4n) is 2.46. The maximum absolute atomic E-state index is 11.8. The van der Waals surface area contributed by atoms with Gasteiger partial charge in [0.15, 0.2) is 0 Å². The van der Waals surface area contributed by atoms with Crippen molar-refractivity contribution in [3.05, 3.63) is 46.6 Å². The van der Waals surface area contributed by atoms with Crippen LogP contribution in [0, 0.1) is 0 Å². The van der Waals surface area contributed by atoms with Gasteiger partial charge >= 0.3 is 0 Å². The van der Waals surface area contributed by atoms with Gasteiger partial charge in [0.05, 0.1) is 0 Å². The van der Waals surface area contributed by atoms with E-state index in [-0.39, 0.29) is 24.7 Å². The maximum Gasteiger partial charge on any atom is 0.220 e. The molecule has 2 N–H and O–H groups in total. The van der Waals surface area contributed by atoms with Gasteiger partial charge in [-0.3, -0.25) is 9.59 Å². The van der Waals surface area contributed by atoms with E-state index in [1.807, 2.05) is 12.2 Å². The van der Waals surface area contributed by atoms with Crippen molar-refractivity contribution in [3.63, 3.8) is 0 Å². The average molecular weight is 389 g/mol. The molecule has 0 aliphatic heterocycles. The highest BCUT2D eigenvalue weighted by molar-refractivity contribution is 5.83. The van der Waals surface area contributed by atoms with Crippen LogP contribution in [0.5, 0.6) is 0 Å². The van der Waals surface area contributed by atoms with Crippen LogP contribution in [0.25, 0.3) is 0 Å². The molecule has 158 valence electrons. The largest absolute Gasteiger partial charge is 0.353 e. The van der Waals surface area contributed by atoms with Crippen LogP contribution in [-0.2, 0) is 9.59 Å². The monoisotopic (exact) mass is 388 g/mol. The Morgan fingerprint density at radius 1 is 0.571 bits per heavy atom. The molecule has 0 aliphatic carbocycles. The summed E-state index contributed by atoms with van der Waals surface area (Å²) in [5.41, 5.74) is 5.19. The molecule has 4 nitrogen and oxygen atoms in total. The summed E-state index contributed by atoms with van der Waals surface area (Å²) in [6.45, 7) is 13.6. The number of hydrogen-bond acceptors (Lipinski definition) is 2. The zero-order valence-corrected chi connectivity index (χ0v) is 18.8. The maximum atomic E-state index is 11.8. The number of amides is 2. The summed E-state index contributed by atoms with van der Waals surface area (Å²) in [5, 5.41) is 5.69. The zero-order chi connectivity index (χ0) is 21.4. The number of carbonyl (C=O) groups is 2. The van der Waals surface area contributed by atoms with Crippen molar-refractivity contribution in [2.24, 2.45) is 0 Å². The van der Waals surface area contributed by atoms with Crippen molar-refractivity contribution in [1.82, 2.24) is 10.6 Å². The molecule has 0 rings (SSSR count). The number of hydrogen-bond donors (Lipinski definition) is 2. The Morgan fingerprint density at radius 2 is 0.929 bits per heavy atom. The standard InChI is InChI=1S/C24H40N2O2/c1-19(2)9-7-11-21(5)15-17-25-23(27)13-14-24(28)26-18-16-22(6)12-8-10-20(3)4/h9-10,15-16H,7-8,11-14,17-18H2,1-6H3,(H,25,27)(H,26,28). The third-order valence-corrected chi connectivity index (χ3v) is 4.26. The Kier molecular flexibility index (Phi) is 14.7. The van der Waals surface area contributed by atoms with Gasteiger partial charge in [0.2, 0.25) is 11.8 Å². The number of nitrogens with one attached hydrogen (secondary N) is 2. The van der Waals surface area contributed by atoms with Gasteiger partial charge in [-0.25, -0.2) is 0 Å². The van der Waals surface area contributed by atoms with Gasteiger partial charge in [-0.2, -0.15) is 0 Å². The van der Waals surface area contributed by atoms with Crippen LogP contribution >= 0.6 is 0 Å². The van der Waals surface area contributed by atoms with E-state index in [0.29, 0.717) is 13.1 Å². The summed E-state index contributed by atoms with van der Waals surface area (Å²) >= 11 is 0. The van der Waals surface area contributed by atoms with E-state index in [9.17, 15) is 9.59 Å². The van der Waals surface area contributed by atoms with Crippen LogP contribution in [0.3, 0.4) is 0 Å². The molecule has 0 fully saturated rings. The topological polar surface area (TPSA) is 58.2 Å². The summed E-state index contributed by atoms with van der Waals surface area (Å²) in [6, 6.07) is 0. The average Bonchev–Trinajstić information content (AvgIpc) is 2.59. The fraction of sp³-hybridized carbons (Fsp3) is 0.583. The van der Waals surface area contributed by atoms with Gasteiger partial charge in [-0.05, 0) is 67.2 Å². The molecule has 0 radical (unpaired) electrons. The molecule has 0 spiro atoms. The summed E-state index contributed by atoms with van der Waals surface area (Å²) in [6.07, 6.45) is 13.0. The lowest BCUT2D eigenvalue weighted by molar-refractivity contribution is -0.126. The molecule has 4 heteroatoms. The highest BCUT2D eigenvalue weighted by atomic mass is 16.2. The lowest BCUT2D eigenvalue weighted by atomic mass is 10.1. The van der Waals surface area contributed by atoms with Crippen LogP contribution < -0.4 is 10.6 Å². The second kappa shape index (κ2) is 15.9. The van der Waals surface area contributed by atoms with E-state index in [2.05, 4.69) is 64.3 Å². The molecule has 0 heterocycles. The minimum atomic E-state index is -0.0862. The Bertz CT molecular complexity index is 548. The lowest BCUT2D eigenvalue weighted by Gasteiger charge is -2.05. The smallest absolute Gasteiger partial charge is 0.220 e. The molecule has 0 aromatic heterocycles. The Balaban J connectivity index is 3.92. The molecular formula is C24H40N2O2. The summed E-state index contributed by atoms with van der Waals surface area (Å²) < 4.78 is 0. The van der Waals surface area contributed by atoms with Crippen molar-refractivity contribution in [2.75, 3.05) is 13.1 Å². The second-order valence-electron chi connectivity index (χ2n) is 7.85. The second-order valence-corrected chi connectivity index (χ2v) is 7.85. The predicted octanol–water partition coefficient (Wildman–Crippen LogP) is 5.38. The molecule has 0 saturated carbocycles. The molecule has 0 unspecified atom stereocenters. The van der Waals surface area contributed by atoms with Crippen LogP contribution in [0.4, 0.5) is 0 Å². The van der Waals surface area contributed by atoms with Crippen molar-refractivity contribution >= 4 is 11.8 Å². The number of rotatable bonds is 13. The van der Waals surface area contributed by atoms with Gasteiger partial charge < -0.3 is 10.6 Å². The van der Waals surface area contributed by atoms with Crippen molar-refractivity contribution in [3.8, 4) is 0 Å². The van der Waals surface area contributed by atoms with Crippen LogP contribution in [0.15, 0.2) is 46.6 Å². The van der Waals surface area contributed by atoms with Crippen molar-refractivity contribution in [2.45, 2.75) is 80.1 Å². The van der Waals surface area contributed by atoms with E-state index in [4.69, 9.17) is 0 Å². The first-order valence-electron chi connectivity index (χ1n) is 10.3. The molecule has 28 heavy (non-hydrogen) atoms. The van der Waals surface area contributed by atoms with Crippen molar-refractivity contribution in [1.29, 1.82) is 0 Å². The van der Waals surface area contributed by atoms with Crippen LogP contribution in [0.2, 0.25) is 0 Å². The molecule has 0 atom stereocenters. The van der Waals surface area contributed by atoms with Crippen LogP contribution in [0.1, 0.15) is 80.1 Å². The number of allylic oxidation sites excluding steroid dienone is 6. The van der Waals surface area contributed by atoms with Crippen LogP contribution in [-0.4, -0.2) is 24.9 Å². The summed E-state index contributed by atoms with van der Waals surface area (Å²) in [5.74, 6) is -0.172. The fourth-order valence-corrected chi connectivity index (χ4v) is 2.46. The van der Waals surface area contributed by atoms with Gasteiger partial charge in [0, 0.05) is 25.9 Å². The van der Waals surface area contributed by atoms with Gasteiger partial charge in [-0.1, -0.05) is 46.6 Å². The quantitative estimate of drug-likeness (QED) is 0.416. The summed E-state index contributed by atoms with van der Waals surface area (Å²) in [7, 11) is 0. The minimum Gasteiger partial charge on any atom is -0.353 e. The summed E-state index contributed by atoms with van der Waals surface area (Å²) in [4.78, 5) is 23.7. The third kappa shape index (κ3) is 17.3. The first-order chi connectivity index (χ1) is 13.2. The lowest BCUT2D eigenvalue weighted by Crippen LogP contribution is -2.28. The van der Waals surface area contributed by atoms with E-state index in [1.165, 1.54) is 22.3 Å². The first-order valence-corrected chi connectivity index (χ1v) is 10.3. The zero-order valence-electron chi connectivity index (χ0n) is 18.8. The first kappa shape index (κ1) is 25.9. The SMILES string of the molecule is CC(C)=CCCC(C)=CCNC(=O)CCC(=O)NCC=C(C)CCC=C(C)C. The van der Waals surface area contributed by atoms with E-state index in [1.54, 1.807) is 0 Å². The van der Waals surface area contributed by atoms with E-state index < -0.39 is 0 Å². The molecule has 0 saturated heterocycles. The third-order valence-electron chi connectivity index (χ3n) is 4.26. The van der Waals surface area contributed by atoms with Crippen molar-refractivity contribution < 1.29 is 9.59 Å². The molecular weight excluding hydrogens is 348 g/mol. The Hall–Kier alpha value is -2.10. The molecule has 2 amide bonds. The number of carbonyl (C=O) groups excluding carboxylic acids is 2. The minimum absolute atomic E-state index is 0.0862. The van der Waals surface area contributed by atoms with Gasteiger partial charge in [0.1, 0.15) is 0 Å². The predicted molar refractivity (Wildman–Crippen MR) is 120 cm³/mol. The Labute approximate surface area is 172 Å². The van der Waals surface area contributed by atoms with Gasteiger partial charge in [-0.15, -0.1) is 0 Å². The highest BCUT2D eigenvalue weighted by Crippen LogP contribution is 2.06. The molecule has 0 aliphatic rings. The highest BCUT2D eigenvalue weighted by Gasteiger charge is 2.05. The molecule has 0 aromatic carbocycles. The normalized spacial score (nSPS) is 11.6. The van der Waals surface area contributed by atoms with E-state index in [0.717, 1.165) is 25.7 Å². The molecule has 0 aromatic rings. The molecule has 0 bridgehead atoms. The Morgan fingerprint density at radius 3 is 1.25 bits per heavy atom. The van der Waals surface area contributed by atoms with Gasteiger partial charge in [0.25, 0.3) is 0 Å².